The van der Waals surface area contributed by atoms with E-state index in [-0.39, 0.29) is 18.4 Å². The molecular formula is C12H16N4O2. The summed E-state index contributed by atoms with van der Waals surface area (Å²) < 4.78 is 5.02. The Morgan fingerprint density at radius 1 is 1.56 bits per heavy atom. The molecule has 0 aliphatic rings. The first kappa shape index (κ1) is 12.3. The summed E-state index contributed by atoms with van der Waals surface area (Å²) in [6.45, 7) is 5.51. The summed E-state index contributed by atoms with van der Waals surface area (Å²) in [6, 6.07) is -0.145. The highest BCUT2D eigenvalue weighted by atomic mass is 16.5. The molecule has 0 aliphatic carbocycles. The average Bonchev–Trinajstić information content (AvgIpc) is 2.94. The number of aryl methyl sites for hydroxylation is 2. The van der Waals surface area contributed by atoms with Crippen LogP contribution in [0.15, 0.2) is 16.9 Å². The zero-order valence-corrected chi connectivity index (χ0v) is 10.7. The minimum atomic E-state index is -0.145. The zero-order chi connectivity index (χ0) is 13.1. The van der Waals surface area contributed by atoms with Gasteiger partial charge in [-0.1, -0.05) is 5.16 Å². The van der Waals surface area contributed by atoms with E-state index < -0.39 is 0 Å². The van der Waals surface area contributed by atoms with Gasteiger partial charge in [0.25, 0.3) is 0 Å². The van der Waals surface area contributed by atoms with Crippen LogP contribution >= 0.6 is 0 Å². The van der Waals surface area contributed by atoms with Gasteiger partial charge in [-0.25, -0.2) is 4.98 Å². The lowest BCUT2D eigenvalue weighted by Gasteiger charge is -2.11. The third-order valence-corrected chi connectivity index (χ3v) is 2.83. The van der Waals surface area contributed by atoms with E-state index >= 15 is 0 Å². The van der Waals surface area contributed by atoms with Crippen LogP contribution in [0.5, 0.6) is 0 Å². The number of hydrogen-bond acceptors (Lipinski definition) is 4. The minimum absolute atomic E-state index is 0.0756. The molecule has 1 unspecified atom stereocenters. The average molecular weight is 248 g/mol. The van der Waals surface area contributed by atoms with E-state index in [1.165, 1.54) is 0 Å². The quantitative estimate of drug-likeness (QED) is 0.857. The van der Waals surface area contributed by atoms with E-state index in [1.54, 1.807) is 19.3 Å². The Morgan fingerprint density at radius 2 is 2.33 bits per heavy atom. The molecule has 0 radical (unpaired) electrons. The molecule has 2 aromatic heterocycles. The summed E-state index contributed by atoms with van der Waals surface area (Å²) in [7, 11) is 0. The monoisotopic (exact) mass is 248 g/mol. The van der Waals surface area contributed by atoms with Gasteiger partial charge in [0, 0.05) is 18.0 Å². The fraction of sp³-hybridized carbons (Fsp3) is 0.417. The highest BCUT2D eigenvalue weighted by Crippen LogP contribution is 2.13. The number of hydrogen-bond donors (Lipinski definition) is 2. The standard InChI is InChI=1S/C12H16N4O2/c1-7-10(9(3)18-16-7)6-11(17)15-8(2)12-13-4-5-14-12/h4-5,8H,6H2,1-3H3,(H,13,14)(H,15,17). The van der Waals surface area contributed by atoms with Crippen molar-refractivity contribution >= 4 is 5.91 Å². The van der Waals surface area contributed by atoms with E-state index in [1.807, 2.05) is 13.8 Å². The van der Waals surface area contributed by atoms with Crippen molar-refractivity contribution in [2.75, 3.05) is 0 Å². The molecule has 0 saturated heterocycles. The van der Waals surface area contributed by atoms with Gasteiger partial charge in [0.1, 0.15) is 11.6 Å². The Labute approximate surface area is 105 Å². The van der Waals surface area contributed by atoms with Crippen LogP contribution < -0.4 is 5.32 Å². The van der Waals surface area contributed by atoms with Gasteiger partial charge in [0.2, 0.25) is 5.91 Å². The van der Waals surface area contributed by atoms with Gasteiger partial charge >= 0.3 is 0 Å². The molecule has 1 amide bonds. The third kappa shape index (κ3) is 2.58. The third-order valence-electron chi connectivity index (χ3n) is 2.83. The lowest BCUT2D eigenvalue weighted by molar-refractivity contribution is -0.121. The lowest BCUT2D eigenvalue weighted by Crippen LogP contribution is -2.29. The predicted molar refractivity (Wildman–Crippen MR) is 64.8 cm³/mol. The van der Waals surface area contributed by atoms with Crippen LogP contribution in [0.25, 0.3) is 0 Å². The second-order valence-corrected chi connectivity index (χ2v) is 4.24. The number of imidazole rings is 1. The number of H-pyrrole nitrogens is 1. The molecule has 1 atom stereocenters. The highest BCUT2D eigenvalue weighted by molar-refractivity contribution is 5.79. The van der Waals surface area contributed by atoms with Crippen molar-refractivity contribution in [2.45, 2.75) is 33.2 Å². The van der Waals surface area contributed by atoms with Gasteiger partial charge in [0.15, 0.2) is 0 Å². The maximum absolute atomic E-state index is 11.9. The maximum Gasteiger partial charge on any atom is 0.225 e. The van der Waals surface area contributed by atoms with E-state index in [9.17, 15) is 4.79 Å². The molecule has 2 rings (SSSR count). The van der Waals surface area contributed by atoms with E-state index in [0.29, 0.717) is 5.76 Å². The number of rotatable bonds is 4. The van der Waals surface area contributed by atoms with Crippen LogP contribution in [0.2, 0.25) is 0 Å². The fourth-order valence-corrected chi connectivity index (χ4v) is 1.79. The Bertz CT molecular complexity index is 511. The molecule has 6 nitrogen and oxygen atoms in total. The van der Waals surface area contributed by atoms with Gasteiger partial charge in [-0.05, 0) is 20.8 Å². The van der Waals surface area contributed by atoms with Crippen LogP contribution in [-0.2, 0) is 11.2 Å². The number of carbonyl (C=O) groups is 1. The Kier molecular flexibility index (Phi) is 3.45. The Balaban J connectivity index is 1.97. The second kappa shape index (κ2) is 5.03. The summed E-state index contributed by atoms with van der Waals surface area (Å²) in [5.74, 6) is 1.35. The van der Waals surface area contributed by atoms with Gasteiger partial charge < -0.3 is 14.8 Å². The second-order valence-electron chi connectivity index (χ2n) is 4.24. The number of aromatic nitrogens is 3. The van der Waals surface area contributed by atoms with Crippen LogP contribution in [0.1, 0.15) is 35.8 Å². The predicted octanol–water partition coefficient (Wildman–Crippen LogP) is 1.43. The summed E-state index contributed by atoms with van der Waals surface area (Å²) >= 11 is 0. The van der Waals surface area contributed by atoms with Gasteiger partial charge in [-0.2, -0.15) is 0 Å². The van der Waals surface area contributed by atoms with Crippen molar-refractivity contribution in [1.29, 1.82) is 0 Å². The highest BCUT2D eigenvalue weighted by Gasteiger charge is 2.16. The van der Waals surface area contributed by atoms with Crippen LogP contribution in [0, 0.1) is 13.8 Å². The van der Waals surface area contributed by atoms with Gasteiger partial charge in [-0.3, -0.25) is 4.79 Å². The van der Waals surface area contributed by atoms with E-state index in [2.05, 4.69) is 20.4 Å². The zero-order valence-electron chi connectivity index (χ0n) is 10.7. The molecule has 2 heterocycles. The van der Waals surface area contributed by atoms with Crippen LogP contribution in [-0.4, -0.2) is 21.0 Å². The van der Waals surface area contributed by atoms with Crippen LogP contribution in [0.4, 0.5) is 0 Å². The maximum atomic E-state index is 11.9. The number of nitrogens with one attached hydrogen (secondary N) is 2. The molecule has 96 valence electrons. The number of aromatic amines is 1. The van der Waals surface area contributed by atoms with Gasteiger partial charge in [-0.15, -0.1) is 0 Å². The van der Waals surface area contributed by atoms with Crippen LogP contribution in [0.3, 0.4) is 0 Å². The molecule has 2 N–H and O–H groups in total. The molecule has 6 heteroatoms. The summed E-state index contributed by atoms with van der Waals surface area (Å²) in [4.78, 5) is 19.0. The normalized spacial score (nSPS) is 12.4. The first-order valence-electron chi connectivity index (χ1n) is 5.78. The molecule has 0 bridgehead atoms. The van der Waals surface area contributed by atoms with E-state index in [4.69, 9.17) is 4.52 Å². The fourth-order valence-electron chi connectivity index (χ4n) is 1.79. The first-order valence-corrected chi connectivity index (χ1v) is 5.78. The minimum Gasteiger partial charge on any atom is -0.361 e. The summed E-state index contributed by atoms with van der Waals surface area (Å²) in [5.41, 5.74) is 1.60. The molecule has 18 heavy (non-hydrogen) atoms. The molecule has 0 fully saturated rings. The van der Waals surface area contributed by atoms with Crippen molar-refractivity contribution in [2.24, 2.45) is 0 Å². The number of amides is 1. The molecule has 0 aromatic carbocycles. The van der Waals surface area contributed by atoms with E-state index in [0.717, 1.165) is 17.1 Å². The molecule has 0 saturated carbocycles. The number of nitrogens with zero attached hydrogens (tertiary/aromatic N) is 2. The van der Waals surface area contributed by atoms with Crippen molar-refractivity contribution in [3.8, 4) is 0 Å². The SMILES string of the molecule is Cc1noc(C)c1CC(=O)NC(C)c1ncc[nH]1. The molecule has 0 spiro atoms. The largest absolute Gasteiger partial charge is 0.361 e. The number of carbonyl (C=O) groups excluding carboxylic acids is 1. The van der Waals surface area contributed by atoms with Crippen molar-refractivity contribution < 1.29 is 9.32 Å². The topological polar surface area (TPSA) is 83.8 Å². The molecular weight excluding hydrogens is 232 g/mol. The Morgan fingerprint density at radius 3 is 2.89 bits per heavy atom. The molecule has 2 aromatic rings. The summed E-state index contributed by atoms with van der Waals surface area (Å²) in [5, 5.41) is 6.70. The van der Waals surface area contributed by atoms with Crippen molar-refractivity contribution in [1.82, 2.24) is 20.4 Å². The van der Waals surface area contributed by atoms with Crippen molar-refractivity contribution in [3.63, 3.8) is 0 Å². The van der Waals surface area contributed by atoms with Gasteiger partial charge in [0.05, 0.1) is 18.2 Å². The summed E-state index contributed by atoms with van der Waals surface area (Å²) in [6.07, 6.45) is 3.66. The van der Waals surface area contributed by atoms with Crippen molar-refractivity contribution in [3.05, 3.63) is 35.2 Å². The molecule has 0 aliphatic heterocycles. The lowest BCUT2D eigenvalue weighted by atomic mass is 10.1. The first-order chi connectivity index (χ1) is 8.58. The smallest absolute Gasteiger partial charge is 0.225 e. The Hall–Kier alpha value is -2.11.